The molecule has 2 aliphatic rings. The first kappa shape index (κ1) is 13.6. The average Bonchev–Trinajstić information content (AvgIpc) is 2.85. The van der Waals surface area contributed by atoms with Gasteiger partial charge in [0.05, 0.1) is 0 Å². The van der Waals surface area contributed by atoms with Crippen molar-refractivity contribution >= 4 is 11.9 Å². The summed E-state index contributed by atoms with van der Waals surface area (Å²) < 4.78 is 0. The Labute approximate surface area is 121 Å². The van der Waals surface area contributed by atoms with Crippen molar-refractivity contribution in [2.75, 3.05) is 26.0 Å². The summed E-state index contributed by atoms with van der Waals surface area (Å²) in [4.78, 5) is 2.56. The molecule has 1 aliphatic heterocycles. The first-order chi connectivity index (χ1) is 9.71. The lowest BCUT2D eigenvalue weighted by Gasteiger charge is -2.42. The van der Waals surface area contributed by atoms with Crippen LogP contribution in [0.15, 0.2) is 18.2 Å². The van der Waals surface area contributed by atoms with Crippen LogP contribution in [0.2, 0.25) is 0 Å². The molecular formula is C17H25N3. The van der Waals surface area contributed by atoms with Gasteiger partial charge in [-0.3, -0.25) is 0 Å². The van der Waals surface area contributed by atoms with Crippen LogP contribution in [-0.2, 0) is 5.41 Å². The van der Waals surface area contributed by atoms with Crippen molar-refractivity contribution in [3.05, 3.63) is 29.3 Å². The van der Waals surface area contributed by atoms with Crippen molar-refractivity contribution in [3.63, 3.8) is 0 Å². The van der Waals surface area contributed by atoms with Gasteiger partial charge >= 0.3 is 0 Å². The summed E-state index contributed by atoms with van der Waals surface area (Å²) in [6.45, 7) is 1.21. The highest BCUT2D eigenvalue weighted by molar-refractivity contribution is 5.86. The van der Waals surface area contributed by atoms with Crippen LogP contribution in [0.1, 0.15) is 43.2 Å². The monoisotopic (exact) mass is 271 g/mol. The van der Waals surface area contributed by atoms with Crippen LogP contribution in [0.3, 0.4) is 0 Å². The normalized spacial score (nSPS) is 30.0. The summed E-state index contributed by atoms with van der Waals surface area (Å²) in [5.41, 5.74) is 3.89. The van der Waals surface area contributed by atoms with E-state index in [0.717, 1.165) is 11.3 Å². The van der Waals surface area contributed by atoms with Crippen molar-refractivity contribution in [1.82, 2.24) is 4.90 Å². The smallest absolute Gasteiger partial charge is 0.0429 e. The van der Waals surface area contributed by atoms with Crippen LogP contribution in [0.4, 0.5) is 5.69 Å². The maximum absolute atomic E-state index is 7.51. The number of hydrogen-bond acceptors (Lipinski definition) is 3. The number of benzene rings is 1. The zero-order chi connectivity index (χ0) is 14.2. The molecule has 0 amide bonds. The SMILES string of the molecule is CNc1cc([C@]23CCCC[C@H]2N(C)CC3)ccc1C=N. The number of hydrogen-bond donors (Lipinski definition) is 2. The highest BCUT2D eigenvalue weighted by atomic mass is 15.2. The van der Waals surface area contributed by atoms with Crippen molar-refractivity contribution in [3.8, 4) is 0 Å². The molecule has 2 N–H and O–H groups in total. The van der Waals surface area contributed by atoms with Gasteiger partial charge in [0.25, 0.3) is 0 Å². The molecule has 1 aromatic carbocycles. The third-order valence-electron chi connectivity index (χ3n) is 5.48. The fourth-order valence-corrected chi connectivity index (χ4v) is 4.38. The van der Waals surface area contributed by atoms with Crippen LogP contribution >= 0.6 is 0 Å². The number of fused-ring (bicyclic) bond motifs is 1. The lowest BCUT2D eigenvalue weighted by Crippen LogP contribution is -2.43. The third kappa shape index (κ3) is 1.96. The minimum absolute atomic E-state index is 0.346. The second-order valence-electron chi connectivity index (χ2n) is 6.34. The van der Waals surface area contributed by atoms with E-state index in [2.05, 4.69) is 35.5 Å². The van der Waals surface area contributed by atoms with Crippen molar-refractivity contribution in [2.24, 2.45) is 0 Å². The van der Waals surface area contributed by atoms with Crippen LogP contribution in [0, 0.1) is 5.41 Å². The van der Waals surface area contributed by atoms with Gasteiger partial charge in [-0.15, -0.1) is 0 Å². The maximum atomic E-state index is 7.51. The van der Waals surface area contributed by atoms with Crippen LogP contribution in [0.5, 0.6) is 0 Å². The van der Waals surface area contributed by atoms with Crippen LogP contribution < -0.4 is 5.32 Å². The molecule has 108 valence electrons. The van der Waals surface area contributed by atoms with Gasteiger partial charge in [0, 0.05) is 36.0 Å². The second kappa shape index (κ2) is 5.21. The predicted octanol–water partition coefficient (Wildman–Crippen LogP) is 3.24. The van der Waals surface area contributed by atoms with Gasteiger partial charge < -0.3 is 15.6 Å². The first-order valence-electron chi connectivity index (χ1n) is 7.74. The number of likely N-dealkylation sites (tertiary alicyclic amines) is 1. The summed E-state index contributed by atoms with van der Waals surface area (Å²) >= 11 is 0. The minimum Gasteiger partial charge on any atom is -0.388 e. The second-order valence-corrected chi connectivity index (χ2v) is 6.34. The molecule has 3 nitrogen and oxygen atoms in total. The standard InChI is InChI=1S/C17H25N3/c1-19-15-11-14(7-6-13(15)12-18)17-8-4-3-5-16(17)20(2)10-9-17/h6-7,11-12,16,18-19H,3-5,8-10H2,1-2H3/t16-,17-/m1/s1. The van der Waals surface area contributed by atoms with E-state index in [-0.39, 0.29) is 0 Å². The molecule has 0 bridgehead atoms. The molecule has 0 radical (unpaired) electrons. The minimum atomic E-state index is 0.346. The van der Waals surface area contributed by atoms with E-state index in [4.69, 9.17) is 5.41 Å². The number of nitrogens with zero attached hydrogens (tertiary/aromatic N) is 1. The Morgan fingerprint density at radius 2 is 2.20 bits per heavy atom. The van der Waals surface area contributed by atoms with Gasteiger partial charge in [0.15, 0.2) is 0 Å². The fourth-order valence-electron chi connectivity index (χ4n) is 4.38. The molecule has 0 aromatic heterocycles. The number of rotatable bonds is 3. The largest absolute Gasteiger partial charge is 0.388 e. The van der Waals surface area contributed by atoms with E-state index in [1.807, 2.05) is 7.05 Å². The molecule has 1 aliphatic carbocycles. The molecule has 0 spiro atoms. The van der Waals surface area contributed by atoms with Gasteiger partial charge in [-0.05, 0) is 44.5 Å². The summed E-state index contributed by atoms with van der Waals surface area (Å²) in [7, 11) is 4.23. The quantitative estimate of drug-likeness (QED) is 0.828. The zero-order valence-corrected chi connectivity index (χ0v) is 12.6. The van der Waals surface area contributed by atoms with Gasteiger partial charge in [0.1, 0.15) is 0 Å². The Hall–Kier alpha value is -1.35. The lowest BCUT2D eigenvalue weighted by atomic mass is 9.66. The Morgan fingerprint density at radius 1 is 1.35 bits per heavy atom. The molecule has 2 fully saturated rings. The van der Waals surface area contributed by atoms with Gasteiger partial charge in [-0.2, -0.15) is 0 Å². The maximum Gasteiger partial charge on any atom is 0.0429 e. The van der Waals surface area contributed by atoms with E-state index in [1.54, 1.807) is 0 Å². The van der Waals surface area contributed by atoms with Gasteiger partial charge in [-0.1, -0.05) is 25.0 Å². The molecule has 3 heteroatoms. The highest BCUT2D eigenvalue weighted by Crippen LogP contribution is 2.48. The molecule has 1 aromatic rings. The Bertz CT molecular complexity index is 507. The number of likely N-dealkylation sites (N-methyl/N-ethyl adjacent to an activating group) is 1. The molecular weight excluding hydrogens is 246 g/mol. The zero-order valence-electron chi connectivity index (χ0n) is 12.6. The summed E-state index contributed by atoms with van der Waals surface area (Å²) in [5.74, 6) is 0. The molecule has 2 atom stereocenters. The van der Waals surface area contributed by atoms with Crippen molar-refractivity contribution in [1.29, 1.82) is 5.41 Å². The average molecular weight is 271 g/mol. The molecule has 1 saturated heterocycles. The van der Waals surface area contributed by atoms with E-state index in [9.17, 15) is 0 Å². The summed E-state index contributed by atoms with van der Waals surface area (Å²) in [5, 5.41) is 10.8. The van der Waals surface area contributed by atoms with E-state index >= 15 is 0 Å². The van der Waals surface area contributed by atoms with Gasteiger partial charge in [0.2, 0.25) is 0 Å². The lowest BCUT2D eigenvalue weighted by molar-refractivity contribution is 0.182. The number of nitrogens with one attached hydrogen (secondary N) is 2. The topological polar surface area (TPSA) is 39.1 Å². The molecule has 0 unspecified atom stereocenters. The van der Waals surface area contributed by atoms with Crippen LogP contribution in [-0.4, -0.2) is 37.8 Å². The Kier molecular flexibility index (Phi) is 3.55. The van der Waals surface area contributed by atoms with Gasteiger partial charge in [-0.25, -0.2) is 0 Å². The Balaban J connectivity index is 2.04. The van der Waals surface area contributed by atoms with Crippen LogP contribution in [0.25, 0.3) is 0 Å². The predicted molar refractivity (Wildman–Crippen MR) is 85.1 cm³/mol. The molecule has 1 heterocycles. The van der Waals surface area contributed by atoms with Crippen molar-refractivity contribution < 1.29 is 0 Å². The molecule has 1 saturated carbocycles. The van der Waals surface area contributed by atoms with E-state index < -0.39 is 0 Å². The summed E-state index contributed by atoms with van der Waals surface area (Å²) in [6.07, 6.45) is 8.08. The molecule has 20 heavy (non-hydrogen) atoms. The van der Waals surface area contributed by atoms with Crippen molar-refractivity contribution in [2.45, 2.75) is 43.6 Å². The first-order valence-corrected chi connectivity index (χ1v) is 7.74. The highest BCUT2D eigenvalue weighted by Gasteiger charge is 2.48. The molecule has 3 rings (SSSR count). The summed E-state index contributed by atoms with van der Waals surface area (Å²) in [6, 6.07) is 7.36. The Morgan fingerprint density at radius 3 is 2.95 bits per heavy atom. The van der Waals surface area contributed by atoms with E-state index in [1.165, 1.54) is 50.4 Å². The number of anilines is 1. The van der Waals surface area contributed by atoms with E-state index in [0.29, 0.717) is 11.5 Å². The third-order valence-corrected chi connectivity index (χ3v) is 5.48. The fraction of sp³-hybridized carbons (Fsp3) is 0.588.